The number of nitrogens with zero attached hydrogens (tertiary/aromatic N) is 1. The van der Waals surface area contributed by atoms with Gasteiger partial charge in [0.05, 0.1) is 23.1 Å². The fraction of sp³-hybridized carbons (Fsp3) is 0.536. The maximum atomic E-state index is 13.4. The van der Waals surface area contributed by atoms with E-state index in [0.717, 1.165) is 25.0 Å². The van der Waals surface area contributed by atoms with Crippen LogP contribution >= 0.6 is 0 Å². The summed E-state index contributed by atoms with van der Waals surface area (Å²) < 4.78 is 39.6. The highest BCUT2D eigenvalue weighted by Crippen LogP contribution is 2.37. The van der Waals surface area contributed by atoms with E-state index in [1.165, 1.54) is 4.31 Å². The van der Waals surface area contributed by atoms with Crippen molar-refractivity contribution in [1.82, 2.24) is 9.62 Å². The van der Waals surface area contributed by atoms with Gasteiger partial charge in [-0.25, -0.2) is 13.2 Å². The maximum Gasteiger partial charge on any atom is 0.407 e. The molecule has 1 saturated carbocycles. The number of carbonyl (C=O) groups is 1. The van der Waals surface area contributed by atoms with E-state index < -0.39 is 28.3 Å². The van der Waals surface area contributed by atoms with Crippen molar-refractivity contribution >= 4 is 16.1 Å². The summed E-state index contributed by atoms with van der Waals surface area (Å²) in [5.74, 6) is 0.469. The maximum absolute atomic E-state index is 13.4. The Balaban J connectivity index is 1.48. The quantitative estimate of drug-likeness (QED) is 0.460. The molecule has 1 heterocycles. The Hall–Kier alpha value is -2.46. The van der Waals surface area contributed by atoms with Crippen molar-refractivity contribution in [2.75, 3.05) is 19.7 Å². The first-order valence-electron chi connectivity index (χ1n) is 13.1. The molecule has 1 amide bonds. The molecule has 2 fully saturated rings. The summed E-state index contributed by atoms with van der Waals surface area (Å²) in [5.41, 5.74) is 0.914. The van der Waals surface area contributed by atoms with E-state index in [2.05, 4.69) is 5.32 Å². The van der Waals surface area contributed by atoms with E-state index in [4.69, 9.17) is 9.47 Å². The Bertz CT molecular complexity index is 1100. The third-order valence-corrected chi connectivity index (χ3v) is 8.93. The molecule has 0 radical (unpaired) electrons. The van der Waals surface area contributed by atoms with E-state index >= 15 is 0 Å². The molecule has 1 aliphatic heterocycles. The molecule has 1 saturated heterocycles. The first kappa shape index (κ1) is 27.6. The van der Waals surface area contributed by atoms with Crippen LogP contribution in [0.15, 0.2) is 65.6 Å². The van der Waals surface area contributed by atoms with Gasteiger partial charge in [-0.3, -0.25) is 0 Å². The molecular formula is C28H38N2O6S. The Labute approximate surface area is 220 Å². The number of nitrogens with one attached hydrogen (secondary N) is 1. The van der Waals surface area contributed by atoms with Gasteiger partial charge in [0.15, 0.2) is 0 Å². The molecule has 2 aromatic rings. The molecule has 2 aromatic carbocycles. The predicted molar refractivity (Wildman–Crippen MR) is 140 cm³/mol. The third-order valence-electron chi connectivity index (χ3n) is 7.09. The van der Waals surface area contributed by atoms with Gasteiger partial charge in [0, 0.05) is 26.1 Å². The average Bonchev–Trinajstić information content (AvgIpc) is 3.46. The molecule has 4 rings (SSSR count). The standard InChI is InChI=1S/C28H38N2O6S/c1-20(2)18-30(37(33,34)24-11-7-4-8-12-24)19-26(31)25(15-21-9-5-3-6-10-21)29-28(32)36-23-16-22-13-14-35-27(22)17-23/h3-12,20,22-23,25-27,31H,13-19H2,1-2H3,(H,29,32)/t22?,23-,25+,26-,27-/m1/s1. The van der Waals surface area contributed by atoms with Crippen molar-refractivity contribution in [2.45, 2.75) is 68.8 Å². The van der Waals surface area contributed by atoms with Gasteiger partial charge in [-0.1, -0.05) is 62.4 Å². The first-order chi connectivity index (χ1) is 17.7. The molecule has 1 aliphatic carbocycles. The number of fused-ring (bicyclic) bond motifs is 1. The van der Waals surface area contributed by atoms with Crippen LogP contribution in [-0.4, -0.2) is 68.0 Å². The molecule has 37 heavy (non-hydrogen) atoms. The molecule has 0 aromatic heterocycles. The van der Waals surface area contributed by atoms with E-state index in [-0.39, 0.29) is 36.1 Å². The molecule has 8 nitrogen and oxygen atoms in total. The van der Waals surface area contributed by atoms with Gasteiger partial charge in [0.25, 0.3) is 0 Å². The van der Waals surface area contributed by atoms with E-state index in [9.17, 15) is 18.3 Å². The lowest BCUT2D eigenvalue weighted by atomic mass is 10.0. The summed E-state index contributed by atoms with van der Waals surface area (Å²) in [6, 6.07) is 17.0. The van der Waals surface area contributed by atoms with Gasteiger partial charge in [-0.2, -0.15) is 4.31 Å². The van der Waals surface area contributed by atoms with Crippen molar-refractivity contribution in [1.29, 1.82) is 0 Å². The normalized spacial score (nSPS) is 23.1. The largest absolute Gasteiger partial charge is 0.446 e. The number of carbonyl (C=O) groups excluding carboxylic acids is 1. The third kappa shape index (κ3) is 7.31. The minimum absolute atomic E-state index is 0.0419. The van der Waals surface area contributed by atoms with Gasteiger partial charge in [-0.15, -0.1) is 0 Å². The van der Waals surface area contributed by atoms with Crippen LogP contribution in [0.5, 0.6) is 0 Å². The smallest absolute Gasteiger partial charge is 0.407 e. The van der Waals surface area contributed by atoms with Crippen molar-refractivity contribution in [3.05, 3.63) is 66.2 Å². The van der Waals surface area contributed by atoms with Crippen LogP contribution in [0.2, 0.25) is 0 Å². The van der Waals surface area contributed by atoms with E-state index in [1.807, 2.05) is 44.2 Å². The molecule has 2 aliphatic rings. The fourth-order valence-corrected chi connectivity index (χ4v) is 6.90. The minimum Gasteiger partial charge on any atom is -0.446 e. The van der Waals surface area contributed by atoms with Crippen LogP contribution < -0.4 is 5.32 Å². The molecule has 2 N–H and O–H groups in total. The van der Waals surface area contributed by atoms with Crippen molar-refractivity contribution < 1.29 is 27.8 Å². The lowest BCUT2D eigenvalue weighted by molar-refractivity contribution is 0.0554. The number of benzene rings is 2. The number of amides is 1. The zero-order chi connectivity index (χ0) is 26.4. The van der Waals surface area contributed by atoms with Crippen molar-refractivity contribution in [3.63, 3.8) is 0 Å². The van der Waals surface area contributed by atoms with Crippen LogP contribution in [0.3, 0.4) is 0 Å². The number of aliphatic hydroxyl groups is 1. The molecule has 202 valence electrons. The number of ether oxygens (including phenoxy) is 2. The van der Waals surface area contributed by atoms with Crippen LogP contribution in [-0.2, 0) is 25.9 Å². The number of hydrogen-bond donors (Lipinski definition) is 2. The average molecular weight is 531 g/mol. The lowest BCUT2D eigenvalue weighted by Crippen LogP contribution is -2.51. The Morgan fingerprint density at radius 3 is 2.41 bits per heavy atom. The van der Waals surface area contributed by atoms with Crippen molar-refractivity contribution in [3.8, 4) is 0 Å². The Morgan fingerprint density at radius 1 is 1.08 bits per heavy atom. The molecule has 0 bridgehead atoms. The molecule has 9 heteroatoms. The Morgan fingerprint density at radius 2 is 1.76 bits per heavy atom. The van der Waals surface area contributed by atoms with Crippen LogP contribution in [0.25, 0.3) is 0 Å². The number of sulfonamides is 1. The highest BCUT2D eigenvalue weighted by atomic mass is 32.2. The number of alkyl carbamates (subject to hydrolysis) is 1. The van der Waals surface area contributed by atoms with Crippen LogP contribution in [0.1, 0.15) is 38.7 Å². The highest BCUT2D eigenvalue weighted by Gasteiger charge is 2.40. The van der Waals surface area contributed by atoms with Crippen LogP contribution in [0.4, 0.5) is 4.79 Å². The summed E-state index contributed by atoms with van der Waals surface area (Å²) in [7, 11) is -3.84. The summed E-state index contributed by atoms with van der Waals surface area (Å²) in [5, 5.41) is 14.1. The number of rotatable bonds is 11. The summed E-state index contributed by atoms with van der Waals surface area (Å²) in [6.45, 7) is 4.70. The van der Waals surface area contributed by atoms with Crippen LogP contribution in [0, 0.1) is 11.8 Å². The Kier molecular flexibility index (Phi) is 9.23. The second kappa shape index (κ2) is 12.4. The predicted octanol–water partition coefficient (Wildman–Crippen LogP) is 3.60. The lowest BCUT2D eigenvalue weighted by Gasteiger charge is -2.30. The molecule has 0 spiro atoms. The summed E-state index contributed by atoms with van der Waals surface area (Å²) >= 11 is 0. The van der Waals surface area contributed by atoms with E-state index in [0.29, 0.717) is 18.8 Å². The van der Waals surface area contributed by atoms with Gasteiger partial charge < -0.3 is 19.9 Å². The number of aliphatic hydroxyl groups excluding tert-OH is 1. The zero-order valence-electron chi connectivity index (χ0n) is 21.5. The van der Waals surface area contributed by atoms with Gasteiger partial charge in [0.1, 0.15) is 6.10 Å². The van der Waals surface area contributed by atoms with E-state index in [1.54, 1.807) is 30.3 Å². The van der Waals surface area contributed by atoms with Crippen molar-refractivity contribution in [2.24, 2.45) is 11.8 Å². The SMILES string of the molecule is CC(C)CN(C[C@@H](O)[C@H](Cc1ccccc1)NC(=O)O[C@@H]1CC2CCO[C@@H]2C1)S(=O)(=O)c1ccccc1. The summed E-state index contributed by atoms with van der Waals surface area (Å²) in [6.07, 6.45) is 0.947. The topological polar surface area (TPSA) is 105 Å². The fourth-order valence-electron chi connectivity index (χ4n) is 5.26. The minimum atomic E-state index is -3.84. The zero-order valence-corrected chi connectivity index (χ0v) is 22.3. The van der Waals surface area contributed by atoms with Gasteiger partial charge in [-0.05, 0) is 48.8 Å². The monoisotopic (exact) mass is 530 g/mol. The number of hydrogen-bond acceptors (Lipinski definition) is 6. The molecule has 1 unspecified atom stereocenters. The highest BCUT2D eigenvalue weighted by molar-refractivity contribution is 7.89. The summed E-state index contributed by atoms with van der Waals surface area (Å²) in [4.78, 5) is 13.1. The molecular weight excluding hydrogens is 492 g/mol. The first-order valence-corrected chi connectivity index (χ1v) is 14.5. The second-order valence-electron chi connectivity index (χ2n) is 10.5. The van der Waals surface area contributed by atoms with Gasteiger partial charge in [0.2, 0.25) is 10.0 Å². The van der Waals surface area contributed by atoms with Gasteiger partial charge >= 0.3 is 6.09 Å². The second-order valence-corrected chi connectivity index (χ2v) is 12.4. The molecule has 5 atom stereocenters.